The molecular formula is C19H23N3O4S. The lowest BCUT2D eigenvalue weighted by molar-refractivity contribution is -0.384. The van der Waals surface area contributed by atoms with E-state index >= 15 is 0 Å². The Morgan fingerprint density at radius 1 is 1.26 bits per heavy atom. The molecular weight excluding hydrogens is 366 g/mol. The number of benzene rings is 1. The fourth-order valence-electron chi connectivity index (χ4n) is 2.55. The zero-order valence-electron chi connectivity index (χ0n) is 15.7. The molecule has 2 aromatic rings. The molecule has 0 aliphatic rings. The Morgan fingerprint density at radius 3 is 2.70 bits per heavy atom. The number of nitro groups is 1. The van der Waals surface area contributed by atoms with Gasteiger partial charge in [-0.3, -0.25) is 10.1 Å². The van der Waals surface area contributed by atoms with E-state index in [1.165, 1.54) is 23.9 Å². The molecule has 0 aliphatic heterocycles. The van der Waals surface area contributed by atoms with Crippen LogP contribution in [0, 0.1) is 17.0 Å². The summed E-state index contributed by atoms with van der Waals surface area (Å²) in [5.74, 6) is 0.347. The average Bonchev–Trinajstić information content (AvgIpc) is 2.65. The number of nitrogens with zero attached hydrogens (tertiary/aromatic N) is 3. The van der Waals surface area contributed by atoms with Crippen LogP contribution >= 0.6 is 11.8 Å². The Morgan fingerprint density at radius 2 is 2.04 bits per heavy atom. The molecule has 1 aromatic heterocycles. The number of carbonyl (C=O) groups excluding carboxylic acids is 1. The molecule has 0 fully saturated rings. The summed E-state index contributed by atoms with van der Waals surface area (Å²) in [4.78, 5) is 32.1. The quantitative estimate of drug-likeness (QED) is 0.151. The van der Waals surface area contributed by atoms with Gasteiger partial charge in [0.2, 0.25) is 0 Å². The second-order valence-corrected chi connectivity index (χ2v) is 6.96. The topological polar surface area (TPSA) is 95.2 Å². The molecule has 0 saturated carbocycles. The van der Waals surface area contributed by atoms with Crippen molar-refractivity contribution in [2.24, 2.45) is 0 Å². The van der Waals surface area contributed by atoms with Crippen molar-refractivity contribution in [2.45, 2.75) is 45.2 Å². The molecule has 0 spiro atoms. The Labute approximate surface area is 162 Å². The molecule has 8 heteroatoms. The van der Waals surface area contributed by atoms with E-state index in [9.17, 15) is 14.9 Å². The standard InChI is InChI=1S/C19H23N3O4S/c1-4-6-7-11-27-19-20-13(3)16(18(23)26-5-2)17(21-19)14-9-8-10-15(12-14)22(24)25/h8-10,12H,4-7,11H2,1-3H3. The van der Waals surface area contributed by atoms with Crippen molar-refractivity contribution in [3.05, 3.63) is 45.6 Å². The largest absolute Gasteiger partial charge is 0.462 e. The molecule has 0 N–H and O–H groups in total. The minimum atomic E-state index is -0.529. The monoisotopic (exact) mass is 389 g/mol. The minimum Gasteiger partial charge on any atom is -0.462 e. The second kappa shape index (κ2) is 10.0. The Hall–Kier alpha value is -2.48. The summed E-state index contributed by atoms with van der Waals surface area (Å²) in [6.45, 7) is 5.81. The number of thioether (sulfide) groups is 1. The van der Waals surface area contributed by atoms with Gasteiger partial charge in [-0.05, 0) is 20.3 Å². The maximum absolute atomic E-state index is 12.4. The molecule has 0 amide bonds. The van der Waals surface area contributed by atoms with E-state index in [1.54, 1.807) is 26.0 Å². The molecule has 1 heterocycles. The predicted molar refractivity (Wildman–Crippen MR) is 105 cm³/mol. The van der Waals surface area contributed by atoms with Crippen LogP contribution in [-0.4, -0.2) is 33.2 Å². The third-order valence-corrected chi connectivity index (χ3v) is 4.79. The molecule has 0 saturated heterocycles. The van der Waals surface area contributed by atoms with E-state index in [1.807, 2.05) is 0 Å². The lowest BCUT2D eigenvalue weighted by Gasteiger charge is -2.12. The van der Waals surface area contributed by atoms with Crippen molar-refractivity contribution in [3.63, 3.8) is 0 Å². The number of aromatic nitrogens is 2. The van der Waals surface area contributed by atoms with Crippen LogP contribution in [0.1, 0.15) is 49.2 Å². The van der Waals surface area contributed by atoms with Gasteiger partial charge in [0.05, 0.1) is 22.9 Å². The molecule has 1 aromatic carbocycles. The van der Waals surface area contributed by atoms with Crippen LogP contribution < -0.4 is 0 Å². The maximum Gasteiger partial charge on any atom is 0.342 e. The van der Waals surface area contributed by atoms with Gasteiger partial charge < -0.3 is 4.74 Å². The molecule has 144 valence electrons. The second-order valence-electron chi connectivity index (χ2n) is 5.90. The summed E-state index contributed by atoms with van der Waals surface area (Å²) in [5, 5.41) is 11.7. The third-order valence-electron chi connectivity index (χ3n) is 3.86. The first kappa shape index (κ1) is 20.8. The molecule has 0 aliphatic carbocycles. The van der Waals surface area contributed by atoms with Gasteiger partial charge in [-0.25, -0.2) is 14.8 Å². The maximum atomic E-state index is 12.4. The highest BCUT2D eigenvalue weighted by atomic mass is 32.2. The molecule has 0 radical (unpaired) electrons. The molecule has 0 atom stereocenters. The Bertz CT molecular complexity index is 827. The molecule has 27 heavy (non-hydrogen) atoms. The van der Waals surface area contributed by atoms with Gasteiger partial charge in [-0.15, -0.1) is 0 Å². The van der Waals surface area contributed by atoms with E-state index in [4.69, 9.17) is 4.74 Å². The predicted octanol–water partition coefficient (Wildman–Crippen LogP) is 4.82. The van der Waals surface area contributed by atoms with Crippen molar-refractivity contribution in [1.29, 1.82) is 0 Å². The summed E-state index contributed by atoms with van der Waals surface area (Å²) in [6.07, 6.45) is 3.31. The van der Waals surface area contributed by atoms with Gasteiger partial charge in [0.25, 0.3) is 5.69 Å². The van der Waals surface area contributed by atoms with Crippen molar-refractivity contribution in [3.8, 4) is 11.3 Å². The number of rotatable bonds is 9. The zero-order valence-corrected chi connectivity index (χ0v) is 16.5. The van der Waals surface area contributed by atoms with Crippen molar-refractivity contribution < 1.29 is 14.5 Å². The molecule has 0 bridgehead atoms. The van der Waals surface area contributed by atoms with E-state index in [0.717, 1.165) is 25.0 Å². The smallest absolute Gasteiger partial charge is 0.342 e. The highest BCUT2D eigenvalue weighted by Gasteiger charge is 2.22. The number of non-ortho nitro benzene ring substituents is 1. The normalized spacial score (nSPS) is 10.6. The van der Waals surface area contributed by atoms with Crippen LogP contribution in [0.15, 0.2) is 29.4 Å². The van der Waals surface area contributed by atoms with Crippen LogP contribution in [0.2, 0.25) is 0 Å². The van der Waals surface area contributed by atoms with Crippen molar-refractivity contribution in [2.75, 3.05) is 12.4 Å². The van der Waals surface area contributed by atoms with Crippen LogP contribution in [0.5, 0.6) is 0 Å². The summed E-state index contributed by atoms with van der Waals surface area (Å²) in [5.41, 5.74) is 1.55. The highest BCUT2D eigenvalue weighted by molar-refractivity contribution is 7.99. The minimum absolute atomic E-state index is 0.0595. The van der Waals surface area contributed by atoms with Crippen molar-refractivity contribution in [1.82, 2.24) is 9.97 Å². The number of ether oxygens (including phenoxy) is 1. The third kappa shape index (κ3) is 5.50. The summed E-state index contributed by atoms with van der Waals surface area (Å²) in [7, 11) is 0. The van der Waals surface area contributed by atoms with Crippen LogP contribution in [0.25, 0.3) is 11.3 Å². The summed E-state index contributed by atoms with van der Waals surface area (Å²) >= 11 is 1.52. The zero-order chi connectivity index (χ0) is 19.8. The van der Waals surface area contributed by atoms with Crippen LogP contribution in [0.4, 0.5) is 5.69 Å². The van der Waals surface area contributed by atoms with Crippen LogP contribution in [-0.2, 0) is 4.74 Å². The molecule has 0 unspecified atom stereocenters. The van der Waals surface area contributed by atoms with E-state index < -0.39 is 10.9 Å². The van der Waals surface area contributed by atoms with Gasteiger partial charge in [-0.2, -0.15) is 0 Å². The molecule has 2 rings (SSSR count). The SMILES string of the molecule is CCCCCSc1nc(C)c(C(=O)OCC)c(-c2cccc([N+](=O)[O-])c2)n1. The van der Waals surface area contributed by atoms with Gasteiger partial charge in [-0.1, -0.05) is 43.7 Å². The van der Waals surface area contributed by atoms with E-state index in [-0.39, 0.29) is 17.9 Å². The number of carbonyl (C=O) groups is 1. The van der Waals surface area contributed by atoms with Gasteiger partial charge in [0.15, 0.2) is 5.16 Å². The Balaban J connectivity index is 2.49. The van der Waals surface area contributed by atoms with Gasteiger partial charge in [0.1, 0.15) is 5.56 Å². The Kier molecular flexibility index (Phi) is 7.72. The first-order valence-electron chi connectivity index (χ1n) is 8.91. The van der Waals surface area contributed by atoms with Gasteiger partial charge in [0, 0.05) is 23.4 Å². The number of esters is 1. The number of aryl methyl sites for hydroxylation is 1. The van der Waals surface area contributed by atoms with E-state index in [2.05, 4.69) is 16.9 Å². The first-order chi connectivity index (χ1) is 13.0. The van der Waals surface area contributed by atoms with Crippen LogP contribution in [0.3, 0.4) is 0 Å². The lowest BCUT2D eigenvalue weighted by atomic mass is 10.0. The number of nitro benzene ring substituents is 1. The first-order valence-corrected chi connectivity index (χ1v) is 9.89. The van der Waals surface area contributed by atoms with Gasteiger partial charge >= 0.3 is 5.97 Å². The van der Waals surface area contributed by atoms with Crippen molar-refractivity contribution >= 4 is 23.4 Å². The number of hydrogen-bond donors (Lipinski definition) is 0. The fraction of sp³-hybridized carbons (Fsp3) is 0.421. The van der Waals surface area contributed by atoms with E-state index in [0.29, 0.717) is 22.1 Å². The summed E-state index contributed by atoms with van der Waals surface area (Å²) < 4.78 is 5.14. The average molecular weight is 389 g/mol. The summed E-state index contributed by atoms with van der Waals surface area (Å²) in [6, 6.07) is 6.09. The molecule has 7 nitrogen and oxygen atoms in total. The highest BCUT2D eigenvalue weighted by Crippen LogP contribution is 2.29. The fourth-order valence-corrected chi connectivity index (χ4v) is 3.44. The number of unbranched alkanes of at least 4 members (excludes halogenated alkanes) is 2. The number of hydrogen-bond acceptors (Lipinski definition) is 7. The lowest BCUT2D eigenvalue weighted by Crippen LogP contribution is -2.12.